The molecule has 0 fully saturated rings. The van der Waals surface area contributed by atoms with E-state index in [1.165, 1.54) is 0 Å². The second-order valence-corrected chi connectivity index (χ2v) is 7.65. The lowest BCUT2D eigenvalue weighted by Crippen LogP contribution is -2.26. The molecule has 0 saturated carbocycles. The molecule has 0 bridgehead atoms. The van der Waals surface area contributed by atoms with Crippen LogP contribution in [0.3, 0.4) is 0 Å². The summed E-state index contributed by atoms with van der Waals surface area (Å²) >= 11 is 6.05. The van der Waals surface area contributed by atoms with Crippen LogP contribution in [0.1, 0.15) is 30.5 Å². The Morgan fingerprint density at radius 2 is 1.85 bits per heavy atom. The van der Waals surface area contributed by atoms with Gasteiger partial charge in [0.2, 0.25) is 0 Å². The molecule has 0 unspecified atom stereocenters. The van der Waals surface area contributed by atoms with Gasteiger partial charge in [0.15, 0.2) is 0 Å². The van der Waals surface area contributed by atoms with Gasteiger partial charge in [-0.15, -0.1) is 0 Å². The van der Waals surface area contributed by atoms with Crippen molar-refractivity contribution in [1.82, 2.24) is 10.3 Å². The third-order valence-corrected chi connectivity index (χ3v) is 4.63. The molecule has 1 aromatic heterocycles. The highest BCUT2D eigenvalue weighted by Gasteiger charge is 2.24. The molecule has 0 saturated heterocycles. The van der Waals surface area contributed by atoms with Crippen molar-refractivity contribution in [1.29, 1.82) is 0 Å². The molecule has 3 N–H and O–H groups in total. The van der Waals surface area contributed by atoms with E-state index in [-0.39, 0.29) is 5.54 Å². The number of nitrogens with one attached hydrogen (secondary N) is 1. The van der Waals surface area contributed by atoms with Crippen molar-refractivity contribution in [2.24, 2.45) is 4.99 Å². The number of nitrogens with two attached hydrogens (primary N) is 1. The van der Waals surface area contributed by atoms with Gasteiger partial charge in [0.05, 0.1) is 11.1 Å². The van der Waals surface area contributed by atoms with E-state index in [0.29, 0.717) is 10.8 Å². The van der Waals surface area contributed by atoms with E-state index >= 15 is 0 Å². The van der Waals surface area contributed by atoms with Gasteiger partial charge >= 0.3 is 0 Å². The molecule has 2 aromatic carbocycles. The van der Waals surface area contributed by atoms with Crippen LogP contribution in [-0.4, -0.2) is 22.9 Å². The average molecular weight is 375 g/mol. The number of benzene rings is 2. The molecule has 0 spiro atoms. The molecule has 5 heteroatoms. The first kappa shape index (κ1) is 17.4. The Kier molecular flexibility index (Phi) is 4.25. The minimum Gasteiger partial charge on any atom is -0.384 e. The van der Waals surface area contributed by atoms with Crippen LogP contribution < -0.4 is 11.1 Å². The number of aliphatic imine (C=N–C) groups is 1. The SMILES string of the molecule is CC1(C)CNC(c2ccc(C#Cc3cc(N)nc4cc(Cl)ccc34)cc2)=N1. The zero-order chi connectivity index (χ0) is 19.0. The zero-order valence-electron chi connectivity index (χ0n) is 15.2. The van der Waals surface area contributed by atoms with Gasteiger partial charge in [-0.3, -0.25) is 4.99 Å². The fraction of sp³-hybridized carbons (Fsp3) is 0.182. The highest BCUT2D eigenvalue weighted by molar-refractivity contribution is 6.31. The Bertz CT molecular complexity index is 1110. The Morgan fingerprint density at radius 1 is 1.07 bits per heavy atom. The molecule has 4 nitrogen and oxygen atoms in total. The van der Waals surface area contributed by atoms with E-state index in [2.05, 4.69) is 36.0 Å². The normalized spacial score (nSPS) is 15.0. The third kappa shape index (κ3) is 3.74. The van der Waals surface area contributed by atoms with Crippen LogP contribution in [0.5, 0.6) is 0 Å². The monoisotopic (exact) mass is 374 g/mol. The fourth-order valence-corrected chi connectivity index (χ4v) is 3.19. The van der Waals surface area contributed by atoms with Crippen LogP contribution in [0, 0.1) is 11.8 Å². The second-order valence-electron chi connectivity index (χ2n) is 7.21. The number of pyridine rings is 1. The van der Waals surface area contributed by atoms with E-state index in [1.807, 2.05) is 36.4 Å². The van der Waals surface area contributed by atoms with Gasteiger partial charge in [-0.1, -0.05) is 41.6 Å². The summed E-state index contributed by atoms with van der Waals surface area (Å²) in [4.78, 5) is 9.03. The maximum absolute atomic E-state index is 6.05. The predicted octanol–water partition coefficient (Wildman–Crippen LogP) is 4.00. The first-order valence-electron chi connectivity index (χ1n) is 8.72. The van der Waals surface area contributed by atoms with Crippen molar-refractivity contribution >= 4 is 34.2 Å². The van der Waals surface area contributed by atoms with Gasteiger partial charge in [0.25, 0.3) is 0 Å². The van der Waals surface area contributed by atoms with Gasteiger partial charge in [-0.05, 0) is 44.2 Å². The predicted molar refractivity (Wildman–Crippen MR) is 112 cm³/mol. The Morgan fingerprint density at radius 3 is 2.56 bits per heavy atom. The summed E-state index contributed by atoms with van der Waals surface area (Å²) in [6, 6.07) is 15.4. The van der Waals surface area contributed by atoms with E-state index in [0.717, 1.165) is 40.0 Å². The highest BCUT2D eigenvalue weighted by Crippen LogP contribution is 2.22. The van der Waals surface area contributed by atoms with E-state index < -0.39 is 0 Å². The topological polar surface area (TPSA) is 63.3 Å². The van der Waals surface area contributed by atoms with Crippen molar-refractivity contribution in [3.63, 3.8) is 0 Å². The molecule has 1 aliphatic heterocycles. The van der Waals surface area contributed by atoms with E-state index in [9.17, 15) is 0 Å². The lowest BCUT2D eigenvalue weighted by Gasteiger charge is -2.09. The van der Waals surface area contributed by atoms with Crippen molar-refractivity contribution < 1.29 is 0 Å². The van der Waals surface area contributed by atoms with Crippen molar-refractivity contribution in [3.05, 3.63) is 70.2 Å². The molecule has 0 atom stereocenters. The van der Waals surface area contributed by atoms with Crippen LogP contribution in [0.2, 0.25) is 5.02 Å². The van der Waals surface area contributed by atoms with Gasteiger partial charge in [0, 0.05) is 33.6 Å². The highest BCUT2D eigenvalue weighted by atomic mass is 35.5. The van der Waals surface area contributed by atoms with Gasteiger partial charge < -0.3 is 11.1 Å². The molecule has 2 heterocycles. The average Bonchev–Trinajstić information content (AvgIpc) is 2.99. The first-order valence-corrected chi connectivity index (χ1v) is 9.09. The van der Waals surface area contributed by atoms with E-state index in [4.69, 9.17) is 22.3 Å². The molecule has 4 rings (SSSR count). The Hall–Kier alpha value is -3.03. The number of hydrogen-bond acceptors (Lipinski definition) is 4. The van der Waals surface area contributed by atoms with Gasteiger partial charge in [-0.25, -0.2) is 4.98 Å². The van der Waals surface area contributed by atoms with Crippen LogP contribution in [0.25, 0.3) is 10.9 Å². The van der Waals surface area contributed by atoms with Gasteiger partial charge in [0.1, 0.15) is 11.7 Å². The maximum Gasteiger partial charge on any atom is 0.128 e. The van der Waals surface area contributed by atoms with Gasteiger partial charge in [-0.2, -0.15) is 0 Å². The molecule has 1 aliphatic rings. The van der Waals surface area contributed by atoms with Crippen LogP contribution >= 0.6 is 11.6 Å². The van der Waals surface area contributed by atoms with Crippen LogP contribution in [0.15, 0.2) is 53.5 Å². The minimum absolute atomic E-state index is 0.0565. The number of aromatic nitrogens is 1. The molecule has 134 valence electrons. The van der Waals surface area contributed by atoms with Crippen molar-refractivity contribution in [2.45, 2.75) is 19.4 Å². The number of rotatable bonds is 1. The minimum atomic E-state index is -0.0565. The summed E-state index contributed by atoms with van der Waals surface area (Å²) in [6.07, 6.45) is 0. The summed E-state index contributed by atoms with van der Waals surface area (Å²) in [5, 5.41) is 4.91. The molecule has 0 amide bonds. The standard InChI is InChI=1S/C22H19ClN4/c1-22(2)13-25-21(27-22)15-6-3-14(4-7-15)5-8-16-11-20(24)26-19-12-17(23)9-10-18(16)19/h3-4,6-7,9-12H,13H2,1-2H3,(H2,24,26)(H,25,27). The molecule has 0 aliphatic carbocycles. The second kappa shape index (κ2) is 6.61. The van der Waals surface area contributed by atoms with Crippen LogP contribution in [0.4, 0.5) is 5.82 Å². The lowest BCUT2D eigenvalue weighted by molar-refractivity contribution is 0.549. The molecule has 27 heavy (non-hydrogen) atoms. The Labute approximate surface area is 163 Å². The number of halogens is 1. The number of nitrogens with zero attached hydrogens (tertiary/aromatic N) is 2. The van der Waals surface area contributed by atoms with Crippen molar-refractivity contribution in [2.75, 3.05) is 12.3 Å². The van der Waals surface area contributed by atoms with E-state index in [1.54, 1.807) is 12.1 Å². The largest absolute Gasteiger partial charge is 0.384 e. The molecule has 3 aromatic rings. The Balaban J connectivity index is 1.65. The molecule has 0 radical (unpaired) electrons. The summed E-state index contributed by atoms with van der Waals surface area (Å²) < 4.78 is 0. The third-order valence-electron chi connectivity index (χ3n) is 4.39. The van der Waals surface area contributed by atoms with Crippen molar-refractivity contribution in [3.8, 4) is 11.8 Å². The summed E-state index contributed by atoms with van der Waals surface area (Å²) in [5.41, 5.74) is 9.43. The zero-order valence-corrected chi connectivity index (χ0v) is 15.9. The smallest absolute Gasteiger partial charge is 0.128 e. The summed E-state index contributed by atoms with van der Waals surface area (Å²) in [6.45, 7) is 5.08. The molecular formula is C22H19ClN4. The fourth-order valence-electron chi connectivity index (χ4n) is 3.02. The number of hydrogen-bond donors (Lipinski definition) is 2. The number of nitrogen functional groups attached to an aromatic ring is 1. The number of anilines is 1. The lowest BCUT2D eigenvalue weighted by atomic mass is 10.1. The first-order chi connectivity index (χ1) is 12.9. The molecular weight excluding hydrogens is 356 g/mol. The quantitative estimate of drug-likeness (QED) is 0.633. The number of amidine groups is 1. The maximum atomic E-state index is 6.05. The van der Waals surface area contributed by atoms with Crippen LogP contribution in [-0.2, 0) is 0 Å². The number of fused-ring (bicyclic) bond motifs is 1. The summed E-state index contributed by atoms with van der Waals surface area (Å²) in [7, 11) is 0. The summed E-state index contributed by atoms with van der Waals surface area (Å²) in [5.74, 6) is 7.77.